The highest BCUT2D eigenvalue weighted by atomic mass is 79.9. The van der Waals surface area contributed by atoms with Crippen LogP contribution in [-0.4, -0.2) is 26.1 Å². The molecule has 0 radical (unpaired) electrons. The Hall–Kier alpha value is -2.45. The molecule has 3 heterocycles. The van der Waals surface area contributed by atoms with Crippen molar-refractivity contribution in [3.8, 4) is 11.3 Å². The lowest BCUT2D eigenvalue weighted by molar-refractivity contribution is -0.115. The minimum Gasteiger partial charge on any atom is -0.360 e. The summed E-state index contributed by atoms with van der Waals surface area (Å²) in [5.74, 6) is -0.139. The molecule has 1 aromatic carbocycles. The molecule has 8 heteroatoms. The number of halogens is 1. The molecule has 0 aliphatic carbocycles. The van der Waals surface area contributed by atoms with Gasteiger partial charge in [-0.25, -0.2) is 4.98 Å². The second-order valence-corrected chi connectivity index (χ2v) is 6.92. The zero-order valence-electron chi connectivity index (χ0n) is 12.3. The highest BCUT2D eigenvalue weighted by Crippen LogP contribution is 2.30. The molecule has 0 bridgehead atoms. The van der Waals surface area contributed by atoms with Gasteiger partial charge in [0.15, 0.2) is 5.13 Å². The normalized spacial score (nSPS) is 11.0. The van der Waals surface area contributed by atoms with Gasteiger partial charge < -0.3 is 10.3 Å². The quantitative estimate of drug-likeness (QED) is 0.483. The lowest BCUT2D eigenvalue weighted by atomic mass is 10.1. The number of para-hydroxylation sites is 1. The van der Waals surface area contributed by atoms with Crippen molar-refractivity contribution in [2.45, 2.75) is 6.42 Å². The fourth-order valence-corrected chi connectivity index (χ4v) is 3.54. The Balaban J connectivity index is 1.53. The van der Waals surface area contributed by atoms with Gasteiger partial charge in [-0.3, -0.25) is 9.89 Å². The summed E-state index contributed by atoms with van der Waals surface area (Å²) in [6, 6.07) is 8.06. The van der Waals surface area contributed by atoms with Crippen molar-refractivity contribution >= 4 is 49.2 Å². The molecular weight excluding hydrogens is 390 g/mol. The van der Waals surface area contributed by atoms with Gasteiger partial charge in [0.1, 0.15) is 0 Å². The first-order valence-corrected chi connectivity index (χ1v) is 8.87. The Morgan fingerprint density at radius 1 is 1.33 bits per heavy atom. The van der Waals surface area contributed by atoms with Crippen LogP contribution >= 0.6 is 27.3 Å². The summed E-state index contributed by atoms with van der Waals surface area (Å²) in [6.45, 7) is 0. The van der Waals surface area contributed by atoms with Gasteiger partial charge in [-0.1, -0.05) is 18.2 Å². The average Bonchev–Trinajstić information content (AvgIpc) is 3.28. The number of nitrogens with one attached hydrogen (secondary N) is 3. The number of benzene rings is 1. The second-order valence-electron chi connectivity index (χ2n) is 5.21. The maximum atomic E-state index is 12.1. The molecular formula is C16H12BrN5OS. The number of hydrogen-bond donors (Lipinski definition) is 3. The molecule has 0 aliphatic rings. The van der Waals surface area contributed by atoms with Crippen molar-refractivity contribution < 1.29 is 4.79 Å². The van der Waals surface area contributed by atoms with E-state index in [0.29, 0.717) is 5.13 Å². The molecule has 0 spiro atoms. The number of nitrogens with zero attached hydrogens (tertiary/aromatic N) is 2. The van der Waals surface area contributed by atoms with E-state index in [0.717, 1.165) is 32.3 Å². The zero-order chi connectivity index (χ0) is 16.5. The van der Waals surface area contributed by atoms with Crippen LogP contribution < -0.4 is 5.32 Å². The second kappa shape index (κ2) is 6.21. The number of aromatic nitrogens is 4. The number of hydrogen-bond acceptors (Lipinski definition) is 4. The van der Waals surface area contributed by atoms with E-state index >= 15 is 0 Å². The maximum Gasteiger partial charge on any atom is 0.232 e. The van der Waals surface area contributed by atoms with Crippen LogP contribution in [0, 0.1) is 0 Å². The summed E-state index contributed by atoms with van der Waals surface area (Å²) < 4.78 is 0.788. The molecule has 1 amide bonds. The lowest BCUT2D eigenvalue weighted by Crippen LogP contribution is -2.14. The summed E-state index contributed by atoms with van der Waals surface area (Å²) in [5, 5.41) is 13.1. The minimum absolute atomic E-state index is 0.139. The number of thiazole rings is 1. The van der Waals surface area contributed by atoms with Gasteiger partial charge in [0.25, 0.3) is 0 Å². The molecule has 3 N–H and O–H groups in total. The molecule has 4 rings (SSSR count). The summed E-state index contributed by atoms with van der Waals surface area (Å²) in [4.78, 5) is 19.9. The van der Waals surface area contributed by atoms with Crippen LogP contribution in [0.3, 0.4) is 0 Å². The van der Waals surface area contributed by atoms with Crippen molar-refractivity contribution in [2.75, 3.05) is 5.32 Å². The van der Waals surface area contributed by atoms with E-state index in [1.54, 1.807) is 6.20 Å². The number of rotatable bonds is 4. The predicted octanol–water partition coefficient (Wildman–Crippen LogP) is 3.96. The van der Waals surface area contributed by atoms with E-state index in [-0.39, 0.29) is 12.3 Å². The topological polar surface area (TPSA) is 86.5 Å². The van der Waals surface area contributed by atoms with Crippen LogP contribution in [0.25, 0.3) is 22.2 Å². The molecule has 120 valence electrons. The SMILES string of the molecule is O=C(Cc1[nH]ncc1Br)Nc1nc(-c2c[nH]c3ccccc23)cs1. The van der Waals surface area contributed by atoms with Crippen LogP contribution in [0.2, 0.25) is 0 Å². The first kappa shape index (κ1) is 15.1. The minimum atomic E-state index is -0.139. The number of carbonyl (C=O) groups excluding carboxylic acids is 1. The van der Waals surface area contributed by atoms with Crippen molar-refractivity contribution in [2.24, 2.45) is 0 Å². The molecule has 0 aliphatic heterocycles. The van der Waals surface area contributed by atoms with Gasteiger partial charge in [0, 0.05) is 28.0 Å². The Kier molecular flexibility index (Phi) is 3.91. The molecule has 0 saturated heterocycles. The summed E-state index contributed by atoms with van der Waals surface area (Å²) in [6.07, 6.45) is 3.77. The fraction of sp³-hybridized carbons (Fsp3) is 0.0625. The first-order valence-electron chi connectivity index (χ1n) is 7.20. The largest absolute Gasteiger partial charge is 0.360 e. The van der Waals surface area contributed by atoms with E-state index < -0.39 is 0 Å². The molecule has 24 heavy (non-hydrogen) atoms. The smallest absolute Gasteiger partial charge is 0.232 e. The van der Waals surface area contributed by atoms with E-state index in [9.17, 15) is 4.79 Å². The van der Waals surface area contributed by atoms with Crippen molar-refractivity contribution in [3.63, 3.8) is 0 Å². The van der Waals surface area contributed by atoms with E-state index in [1.807, 2.05) is 29.8 Å². The van der Waals surface area contributed by atoms with E-state index in [1.165, 1.54) is 11.3 Å². The highest BCUT2D eigenvalue weighted by Gasteiger charge is 2.13. The van der Waals surface area contributed by atoms with Crippen LogP contribution in [-0.2, 0) is 11.2 Å². The van der Waals surface area contributed by atoms with Crippen LogP contribution in [0.5, 0.6) is 0 Å². The van der Waals surface area contributed by atoms with Gasteiger partial charge in [-0.2, -0.15) is 5.10 Å². The number of H-pyrrole nitrogens is 2. The Morgan fingerprint density at radius 2 is 2.21 bits per heavy atom. The number of carbonyl (C=O) groups is 1. The van der Waals surface area contributed by atoms with Gasteiger partial charge in [-0.05, 0) is 22.0 Å². The van der Waals surface area contributed by atoms with Crippen molar-refractivity contribution in [1.29, 1.82) is 0 Å². The number of anilines is 1. The number of amides is 1. The van der Waals surface area contributed by atoms with Crippen LogP contribution in [0.4, 0.5) is 5.13 Å². The lowest BCUT2D eigenvalue weighted by Gasteiger charge is -2.00. The van der Waals surface area contributed by atoms with Gasteiger partial charge in [0.2, 0.25) is 5.91 Å². The molecule has 6 nitrogen and oxygen atoms in total. The Morgan fingerprint density at radius 3 is 3.04 bits per heavy atom. The van der Waals surface area contributed by atoms with Gasteiger partial charge in [0.05, 0.1) is 28.5 Å². The molecule has 4 aromatic rings. The maximum absolute atomic E-state index is 12.1. The zero-order valence-corrected chi connectivity index (χ0v) is 14.7. The number of aromatic amines is 2. The molecule has 0 fully saturated rings. The summed E-state index contributed by atoms with van der Waals surface area (Å²) >= 11 is 4.75. The molecule has 0 atom stereocenters. The summed E-state index contributed by atoms with van der Waals surface area (Å²) in [5.41, 5.74) is 3.67. The third-order valence-corrected chi connectivity index (χ3v) is 5.06. The molecule has 3 aromatic heterocycles. The van der Waals surface area contributed by atoms with Crippen LogP contribution in [0.1, 0.15) is 5.69 Å². The van der Waals surface area contributed by atoms with E-state index in [2.05, 4.69) is 47.5 Å². The Bertz CT molecular complexity index is 1020. The average molecular weight is 402 g/mol. The first-order chi connectivity index (χ1) is 11.7. The van der Waals surface area contributed by atoms with Gasteiger partial charge >= 0.3 is 0 Å². The predicted molar refractivity (Wildman–Crippen MR) is 98.0 cm³/mol. The van der Waals surface area contributed by atoms with Crippen LogP contribution in [0.15, 0.2) is 46.5 Å². The summed E-state index contributed by atoms with van der Waals surface area (Å²) in [7, 11) is 0. The third kappa shape index (κ3) is 2.85. The van der Waals surface area contributed by atoms with Crippen molar-refractivity contribution in [1.82, 2.24) is 20.2 Å². The molecule has 0 unspecified atom stereocenters. The van der Waals surface area contributed by atoms with Gasteiger partial charge in [-0.15, -0.1) is 11.3 Å². The third-order valence-electron chi connectivity index (χ3n) is 3.62. The molecule has 0 saturated carbocycles. The van der Waals surface area contributed by atoms with E-state index in [4.69, 9.17) is 0 Å². The standard InChI is InChI=1S/C16H12BrN5OS/c17-11-7-19-22-13(11)5-15(23)21-16-20-14(8-24-16)10-6-18-12-4-2-1-3-9(10)12/h1-4,6-8,18H,5H2,(H,19,22)(H,20,21,23). The highest BCUT2D eigenvalue weighted by molar-refractivity contribution is 9.10. The fourth-order valence-electron chi connectivity index (χ4n) is 2.48. The monoisotopic (exact) mass is 401 g/mol. The number of fused-ring (bicyclic) bond motifs is 1. The van der Waals surface area contributed by atoms with Crippen molar-refractivity contribution in [3.05, 3.63) is 52.2 Å². The Labute approximate surface area is 149 Å².